The third-order valence-corrected chi connectivity index (χ3v) is 4.85. The van der Waals surface area contributed by atoms with E-state index in [9.17, 15) is 4.79 Å². The first-order valence-electron chi connectivity index (χ1n) is 9.09. The first kappa shape index (κ1) is 17.4. The molecule has 27 heavy (non-hydrogen) atoms. The number of fused-ring (bicyclic) bond motifs is 1. The van der Waals surface area contributed by atoms with Crippen LogP contribution in [0.2, 0.25) is 0 Å². The number of pyridine rings is 1. The minimum Gasteiger partial charge on any atom is -0.497 e. The Bertz CT molecular complexity index is 976. The number of morpholine rings is 1. The van der Waals surface area contributed by atoms with Gasteiger partial charge in [0.1, 0.15) is 5.75 Å². The highest BCUT2D eigenvalue weighted by Gasteiger charge is 2.11. The van der Waals surface area contributed by atoms with E-state index in [0.29, 0.717) is 12.1 Å². The SMILES string of the molecule is COc1ccc2[nH]c(=O)c(CNc3ccc(N4CCOCC4)cc3)cc2c1. The predicted molar refractivity (Wildman–Crippen MR) is 108 cm³/mol. The second-order valence-corrected chi connectivity index (χ2v) is 6.58. The molecule has 2 heterocycles. The van der Waals surface area contributed by atoms with E-state index in [4.69, 9.17) is 9.47 Å². The average Bonchev–Trinajstić information content (AvgIpc) is 2.73. The fourth-order valence-corrected chi connectivity index (χ4v) is 3.30. The van der Waals surface area contributed by atoms with E-state index >= 15 is 0 Å². The first-order valence-corrected chi connectivity index (χ1v) is 9.09. The number of methoxy groups -OCH3 is 1. The van der Waals surface area contributed by atoms with E-state index in [1.54, 1.807) is 7.11 Å². The van der Waals surface area contributed by atoms with Gasteiger partial charge in [-0.05, 0) is 48.5 Å². The summed E-state index contributed by atoms with van der Waals surface area (Å²) in [6, 6.07) is 15.8. The molecule has 140 valence electrons. The van der Waals surface area contributed by atoms with Crippen LogP contribution in [-0.2, 0) is 11.3 Å². The van der Waals surface area contributed by atoms with Crippen LogP contribution in [0.3, 0.4) is 0 Å². The van der Waals surface area contributed by atoms with Crippen molar-refractivity contribution in [3.63, 3.8) is 0 Å². The van der Waals surface area contributed by atoms with Crippen LogP contribution < -0.4 is 20.5 Å². The largest absolute Gasteiger partial charge is 0.497 e. The van der Waals surface area contributed by atoms with Crippen LogP contribution in [0.1, 0.15) is 5.56 Å². The normalized spacial score (nSPS) is 14.3. The van der Waals surface area contributed by atoms with Crippen LogP contribution in [0.5, 0.6) is 5.75 Å². The monoisotopic (exact) mass is 365 g/mol. The maximum Gasteiger partial charge on any atom is 0.253 e. The number of hydrogen-bond donors (Lipinski definition) is 2. The van der Waals surface area contributed by atoms with E-state index in [0.717, 1.165) is 48.6 Å². The standard InChI is InChI=1S/C21H23N3O3/c1-26-19-6-7-20-15(13-19)12-16(21(25)23-20)14-22-17-2-4-18(5-3-17)24-8-10-27-11-9-24/h2-7,12-13,22H,8-11,14H2,1H3,(H,23,25). The van der Waals surface area contributed by atoms with Gasteiger partial charge in [-0.3, -0.25) is 4.79 Å². The molecule has 1 aliphatic rings. The van der Waals surface area contributed by atoms with Crippen molar-refractivity contribution in [1.29, 1.82) is 0 Å². The molecular weight excluding hydrogens is 342 g/mol. The van der Waals surface area contributed by atoms with E-state index < -0.39 is 0 Å². The summed E-state index contributed by atoms with van der Waals surface area (Å²) in [5, 5.41) is 4.28. The fourth-order valence-electron chi connectivity index (χ4n) is 3.30. The Morgan fingerprint density at radius 1 is 1.11 bits per heavy atom. The third-order valence-electron chi connectivity index (χ3n) is 4.85. The van der Waals surface area contributed by atoms with Crippen molar-refractivity contribution >= 4 is 22.3 Å². The molecule has 1 aromatic heterocycles. The number of aromatic nitrogens is 1. The molecule has 0 aliphatic carbocycles. The Labute approximate surface area is 157 Å². The molecular formula is C21H23N3O3. The van der Waals surface area contributed by atoms with Crippen molar-refractivity contribution in [3.8, 4) is 5.75 Å². The first-order chi connectivity index (χ1) is 13.2. The molecule has 6 nitrogen and oxygen atoms in total. The molecule has 0 spiro atoms. The Hall–Kier alpha value is -2.99. The Kier molecular flexibility index (Phi) is 4.98. The highest BCUT2D eigenvalue weighted by molar-refractivity contribution is 5.80. The lowest BCUT2D eigenvalue weighted by atomic mass is 10.1. The fraction of sp³-hybridized carbons (Fsp3) is 0.286. The zero-order valence-electron chi connectivity index (χ0n) is 15.3. The van der Waals surface area contributed by atoms with Gasteiger partial charge in [0.05, 0.1) is 20.3 Å². The van der Waals surface area contributed by atoms with Crippen molar-refractivity contribution in [2.75, 3.05) is 43.6 Å². The maximum absolute atomic E-state index is 12.3. The quantitative estimate of drug-likeness (QED) is 0.728. The van der Waals surface area contributed by atoms with E-state index in [1.165, 1.54) is 5.69 Å². The topological polar surface area (TPSA) is 66.6 Å². The lowest BCUT2D eigenvalue weighted by Crippen LogP contribution is -2.36. The summed E-state index contributed by atoms with van der Waals surface area (Å²) >= 11 is 0. The van der Waals surface area contributed by atoms with Gasteiger partial charge >= 0.3 is 0 Å². The smallest absolute Gasteiger partial charge is 0.253 e. The number of benzene rings is 2. The average molecular weight is 365 g/mol. The number of H-pyrrole nitrogens is 1. The van der Waals surface area contributed by atoms with Gasteiger partial charge < -0.3 is 24.7 Å². The molecule has 0 radical (unpaired) electrons. The van der Waals surface area contributed by atoms with Gasteiger partial charge in [-0.2, -0.15) is 0 Å². The number of rotatable bonds is 5. The van der Waals surface area contributed by atoms with E-state index in [2.05, 4.69) is 27.3 Å². The second-order valence-electron chi connectivity index (χ2n) is 6.58. The van der Waals surface area contributed by atoms with Gasteiger partial charge in [-0.15, -0.1) is 0 Å². The molecule has 2 N–H and O–H groups in total. The summed E-state index contributed by atoms with van der Waals surface area (Å²) in [5.74, 6) is 0.771. The molecule has 1 fully saturated rings. The van der Waals surface area contributed by atoms with Gasteiger partial charge in [-0.1, -0.05) is 0 Å². The Balaban J connectivity index is 1.47. The van der Waals surface area contributed by atoms with Crippen molar-refractivity contribution in [1.82, 2.24) is 4.98 Å². The molecule has 0 amide bonds. The molecule has 0 unspecified atom stereocenters. The summed E-state index contributed by atoms with van der Waals surface area (Å²) in [4.78, 5) is 17.6. The maximum atomic E-state index is 12.3. The van der Waals surface area contributed by atoms with Crippen LogP contribution in [0.4, 0.5) is 11.4 Å². The highest BCUT2D eigenvalue weighted by atomic mass is 16.5. The predicted octanol–water partition coefficient (Wildman–Crippen LogP) is 2.99. The van der Waals surface area contributed by atoms with Crippen LogP contribution in [0.25, 0.3) is 10.9 Å². The Morgan fingerprint density at radius 3 is 2.63 bits per heavy atom. The van der Waals surface area contributed by atoms with Crippen molar-refractivity contribution in [2.24, 2.45) is 0 Å². The molecule has 1 aliphatic heterocycles. The van der Waals surface area contributed by atoms with Gasteiger partial charge in [-0.25, -0.2) is 0 Å². The number of aromatic amines is 1. The second kappa shape index (κ2) is 7.72. The van der Waals surface area contributed by atoms with E-state index in [1.807, 2.05) is 36.4 Å². The van der Waals surface area contributed by atoms with Crippen molar-refractivity contribution < 1.29 is 9.47 Å². The van der Waals surface area contributed by atoms with Gasteiger partial charge in [0, 0.05) is 47.5 Å². The van der Waals surface area contributed by atoms with Gasteiger partial charge in [0.2, 0.25) is 0 Å². The van der Waals surface area contributed by atoms with Gasteiger partial charge in [0.15, 0.2) is 0 Å². The zero-order chi connectivity index (χ0) is 18.6. The molecule has 6 heteroatoms. The highest BCUT2D eigenvalue weighted by Crippen LogP contribution is 2.21. The summed E-state index contributed by atoms with van der Waals surface area (Å²) in [7, 11) is 1.63. The number of nitrogens with one attached hydrogen (secondary N) is 2. The molecule has 4 rings (SSSR count). The Morgan fingerprint density at radius 2 is 1.89 bits per heavy atom. The number of anilines is 2. The van der Waals surface area contributed by atoms with Crippen molar-refractivity contribution in [2.45, 2.75) is 6.54 Å². The molecule has 0 saturated carbocycles. The number of nitrogens with zero attached hydrogens (tertiary/aromatic N) is 1. The third kappa shape index (κ3) is 3.90. The summed E-state index contributed by atoms with van der Waals surface area (Å²) in [6.07, 6.45) is 0. The van der Waals surface area contributed by atoms with Crippen LogP contribution in [0.15, 0.2) is 53.3 Å². The van der Waals surface area contributed by atoms with E-state index in [-0.39, 0.29) is 5.56 Å². The minimum absolute atomic E-state index is 0.0786. The minimum atomic E-state index is -0.0786. The lowest BCUT2D eigenvalue weighted by molar-refractivity contribution is 0.122. The summed E-state index contributed by atoms with van der Waals surface area (Å²) in [6.45, 7) is 3.84. The summed E-state index contributed by atoms with van der Waals surface area (Å²) in [5.41, 5.74) is 3.59. The molecule has 0 atom stereocenters. The van der Waals surface area contributed by atoms with Crippen LogP contribution >= 0.6 is 0 Å². The summed E-state index contributed by atoms with van der Waals surface area (Å²) < 4.78 is 10.7. The zero-order valence-corrected chi connectivity index (χ0v) is 15.3. The number of hydrogen-bond acceptors (Lipinski definition) is 5. The lowest BCUT2D eigenvalue weighted by Gasteiger charge is -2.28. The molecule has 3 aromatic rings. The van der Waals surface area contributed by atoms with Crippen molar-refractivity contribution in [3.05, 3.63) is 64.4 Å². The molecule has 0 bridgehead atoms. The molecule has 1 saturated heterocycles. The number of ether oxygens (including phenoxy) is 2. The molecule has 2 aromatic carbocycles. The van der Waals surface area contributed by atoms with Crippen LogP contribution in [-0.4, -0.2) is 38.4 Å². The van der Waals surface area contributed by atoms with Gasteiger partial charge in [0.25, 0.3) is 5.56 Å². The van der Waals surface area contributed by atoms with Crippen LogP contribution in [0, 0.1) is 0 Å².